The van der Waals surface area contributed by atoms with Crippen molar-refractivity contribution in [2.45, 2.75) is 58.0 Å². The van der Waals surface area contributed by atoms with Crippen molar-refractivity contribution in [2.75, 3.05) is 6.54 Å². The first-order valence-corrected chi connectivity index (χ1v) is 10.4. The lowest BCUT2D eigenvalue weighted by Gasteiger charge is -2.27. The first-order valence-electron chi connectivity index (χ1n) is 10.4. The second-order valence-corrected chi connectivity index (χ2v) is 8.61. The van der Waals surface area contributed by atoms with Crippen molar-refractivity contribution in [3.63, 3.8) is 0 Å². The molecule has 2 aromatic heterocycles. The average Bonchev–Trinajstić information content (AvgIpc) is 3.55. The average molecular weight is 391 g/mol. The molecule has 6 nitrogen and oxygen atoms in total. The molecule has 0 unspecified atom stereocenters. The predicted molar refractivity (Wildman–Crippen MR) is 111 cm³/mol. The Labute approximate surface area is 168 Å². The van der Waals surface area contributed by atoms with Gasteiger partial charge in [-0.2, -0.15) is 0 Å². The number of nitrogens with zero attached hydrogens (tertiary/aromatic N) is 2. The highest BCUT2D eigenvalue weighted by molar-refractivity contribution is 5.77. The highest BCUT2D eigenvalue weighted by atomic mass is 16.3. The molecule has 3 heterocycles. The molecule has 0 bridgehead atoms. The number of hydrogen-bond acceptors (Lipinski definition) is 5. The zero-order valence-electron chi connectivity index (χ0n) is 16.8. The van der Waals surface area contributed by atoms with Gasteiger partial charge in [-0.15, -0.1) is 0 Å². The Bertz CT molecular complexity index is 1200. The Balaban J connectivity index is 1.42. The molecule has 6 heteroatoms. The normalized spacial score (nSPS) is 17.1. The van der Waals surface area contributed by atoms with E-state index in [1.165, 1.54) is 0 Å². The van der Waals surface area contributed by atoms with Crippen LogP contribution in [0.15, 0.2) is 38.5 Å². The van der Waals surface area contributed by atoms with E-state index in [-0.39, 0.29) is 11.0 Å². The van der Waals surface area contributed by atoms with Gasteiger partial charge in [-0.25, -0.2) is 4.98 Å². The predicted octanol–water partition coefficient (Wildman–Crippen LogP) is 3.44. The van der Waals surface area contributed by atoms with Gasteiger partial charge in [-0.3, -0.25) is 14.5 Å². The van der Waals surface area contributed by atoms with Gasteiger partial charge in [0.05, 0.1) is 22.9 Å². The molecule has 0 amide bonds. The Morgan fingerprint density at radius 3 is 2.86 bits per heavy atom. The molecule has 0 saturated heterocycles. The summed E-state index contributed by atoms with van der Waals surface area (Å²) in [6.45, 7) is 5.96. The number of H-pyrrole nitrogens is 1. The smallest absolute Gasteiger partial charge is 0.255 e. The van der Waals surface area contributed by atoms with Gasteiger partial charge < -0.3 is 9.40 Å². The zero-order valence-corrected chi connectivity index (χ0v) is 16.8. The molecule has 2 aliphatic rings. The monoisotopic (exact) mass is 391 g/mol. The van der Waals surface area contributed by atoms with Gasteiger partial charge in [0, 0.05) is 37.5 Å². The van der Waals surface area contributed by atoms with E-state index in [1.54, 1.807) is 6.26 Å². The van der Waals surface area contributed by atoms with E-state index in [0.717, 1.165) is 48.5 Å². The standard InChI is InChI=1S/C23H25N3O3/c1-13(2)15-5-6-20-17(9-15)21(27)16(12-29-20)10-26-8-7-19-18(11-26)23(28)25-22(24-19)14-3-4-14/h5-6,9,12-14H,3-4,7-8,10-11H2,1-2H3,(H,24,25,28). The van der Waals surface area contributed by atoms with Gasteiger partial charge in [-0.05, 0) is 36.5 Å². The quantitative estimate of drug-likeness (QED) is 0.737. The number of rotatable bonds is 4. The Hall–Kier alpha value is -2.73. The number of nitrogens with one attached hydrogen (secondary N) is 1. The minimum Gasteiger partial charge on any atom is -0.464 e. The van der Waals surface area contributed by atoms with Gasteiger partial charge in [0.1, 0.15) is 11.4 Å². The van der Waals surface area contributed by atoms with Crippen LogP contribution in [0.3, 0.4) is 0 Å². The summed E-state index contributed by atoms with van der Waals surface area (Å²) in [7, 11) is 0. The van der Waals surface area contributed by atoms with Crippen molar-refractivity contribution < 1.29 is 4.42 Å². The summed E-state index contributed by atoms with van der Waals surface area (Å²) >= 11 is 0. The molecule has 1 aliphatic heterocycles. The number of fused-ring (bicyclic) bond motifs is 2. The van der Waals surface area contributed by atoms with E-state index in [9.17, 15) is 9.59 Å². The fraction of sp³-hybridized carbons (Fsp3) is 0.435. The largest absolute Gasteiger partial charge is 0.464 e. The molecule has 0 spiro atoms. The van der Waals surface area contributed by atoms with Crippen LogP contribution in [0.4, 0.5) is 0 Å². The molecule has 3 aromatic rings. The van der Waals surface area contributed by atoms with E-state index in [4.69, 9.17) is 9.40 Å². The van der Waals surface area contributed by atoms with E-state index >= 15 is 0 Å². The highest BCUT2D eigenvalue weighted by Crippen LogP contribution is 2.37. The molecule has 1 fully saturated rings. The highest BCUT2D eigenvalue weighted by Gasteiger charge is 2.29. The molecule has 5 rings (SSSR count). The second kappa shape index (κ2) is 6.95. The van der Waals surface area contributed by atoms with E-state index in [0.29, 0.717) is 41.5 Å². The SMILES string of the molecule is CC(C)c1ccc2occ(CN3CCc4nc(C5CC5)[nH]c(=O)c4C3)c(=O)c2c1. The van der Waals surface area contributed by atoms with Crippen molar-refractivity contribution in [3.05, 3.63) is 73.2 Å². The third-order valence-electron chi connectivity index (χ3n) is 6.06. The Morgan fingerprint density at radius 1 is 1.28 bits per heavy atom. The number of benzene rings is 1. The molecule has 0 atom stereocenters. The summed E-state index contributed by atoms with van der Waals surface area (Å²) in [6, 6.07) is 5.82. The maximum absolute atomic E-state index is 13.0. The minimum atomic E-state index is -0.0336. The Kier molecular flexibility index (Phi) is 4.39. The lowest BCUT2D eigenvalue weighted by Crippen LogP contribution is -2.36. The van der Waals surface area contributed by atoms with Crippen molar-refractivity contribution in [1.29, 1.82) is 0 Å². The fourth-order valence-corrected chi connectivity index (χ4v) is 4.08. The molecule has 1 saturated carbocycles. The van der Waals surface area contributed by atoms with Crippen LogP contribution in [0, 0.1) is 0 Å². The Morgan fingerprint density at radius 2 is 2.10 bits per heavy atom. The van der Waals surface area contributed by atoms with Crippen molar-refractivity contribution in [1.82, 2.24) is 14.9 Å². The summed E-state index contributed by atoms with van der Waals surface area (Å²) in [4.78, 5) is 35.4. The van der Waals surface area contributed by atoms with Crippen molar-refractivity contribution in [3.8, 4) is 0 Å². The molecule has 150 valence electrons. The van der Waals surface area contributed by atoms with Gasteiger partial charge in [-0.1, -0.05) is 19.9 Å². The number of hydrogen-bond donors (Lipinski definition) is 1. The van der Waals surface area contributed by atoms with Crippen LogP contribution in [-0.4, -0.2) is 21.4 Å². The number of aromatic amines is 1. The number of aromatic nitrogens is 2. The lowest BCUT2D eigenvalue weighted by molar-refractivity contribution is 0.239. The summed E-state index contributed by atoms with van der Waals surface area (Å²) in [6.07, 6.45) is 4.53. The van der Waals surface area contributed by atoms with Crippen molar-refractivity contribution in [2.24, 2.45) is 0 Å². The van der Waals surface area contributed by atoms with Gasteiger partial charge in [0.2, 0.25) is 0 Å². The van der Waals surface area contributed by atoms with Gasteiger partial charge >= 0.3 is 0 Å². The fourth-order valence-electron chi connectivity index (χ4n) is 4.08. The van der Waals surface area contributed by atoms with E-state index in [2.05, 4.69) is 23.7 Å². The molecule has 1 N–H and O–H groups in total. The van der Waals surface area contributed by atoms with Crippen LogP contribution in [0.25, 0.3) is 11.0 Å². The van der Waals surface area contributed by atoms with Crippen LogP contribution in [0.1, 0.15) is 66.7 Å². The third kappa shape index (κ3) is 3.42. The van der Waals surface area contributed by atoms with Crippen LogP contribution in [0.5, 0.6) is 0 Å². The van der Waals surface area contributed by atoms with Crippen molar-refractivity contribution >= 4 is 11.0 Å². The second-order valence-electron chi connectivity index (χ2n) is 8.61. The molecule has 1 aliphatic carbocycles. The van der Waals surface area contributed by atoms with Gasteiger partial charge in [0.15, 0.2) is 5.43 Å². The van der Waals surface area contributed by atoms with Crippen LogP contribution in [0.2, 0.25) is 0 Å². The van der Waals surface area contributed by atoms with Gasteiger partial charge in [0.25, 0.3) is 5.56 Å². The minimum absolute atomic E-state index is 0.00987. The van der Waals surface area contributed by atoms with Crippen LogP contribution < -0.4 is 11.0 Å². The van der Waals surface area contributed by atoms with Crippen LogP contribution in [-0.2, 0) is 19.5 Å². The first-order chi connectivity index (χ1) is 14.0. The molecule has 29 heavy (non-hydrogen) atoms. The first kappa shape index (κ1) is 18.3. The summed E-state index contributed by atoms with van der Waals surface area (Å²) in [5, 5.41) is 0.625. The summed E-state index contributed by atoms with van der Waals surface area (Å²) < 4.78 is 5.74. The summed E-state index contributed by atoms with van der Waals surface area (Å²) in [5.41, 5.74) is 3.98. The molecular formula is C23H25N3O3. The lowest BCUT2D eigenvalue weighted by atomic mass is 10.0. The summed E-state index contributed by atoms with van der Waals surface area (Å²) in [5.74, 6) is 1.63. The zero-order chi connectivity index (χ0) is 20.1. The molecule has 0 radical (unpaired) electrons. The molecular weight excluding hydrogens is 366 g/mol. The molecule has 1 aromatic carbocycles. The topological polar surface area (TPSA) is 79.2 Å². The van der Waals surface area contributed by atoms with E-state index < -0.39 is 0 Å². The van der Waals surface area contributed by atoms with E-state index in [1.807, 2.05) is 18.2 Å². The maximum Gasteiger partial charge on any atom is 0.255 e. The third-order valence-corrected chi connectivity index (χ3v) is 6.06. The maximum atomic E-state index is 13.0. The van der Waals surface area contributed by atoms with Crippen LogP contribution >= 0.6 is 0 Å².